The number of urea groups is 1. The molecule has 246 valence electrons. The maximum absolute atomic E-state index is 12.9. The van der Waals surface area contributed by atoms with Crippen LogP contribution in [-0.2, 0) is 23.8 Å². The molecule has 1 aliphatic rings. The Morgan fingerprint density at radius 2 is 1.37 bits per heavy atom. The van der Waals surface area contributed by atoms with Gasteiger partial charge in [-0.15, -0.1) is 0 Å². The summed E-state index contributed by atoms with van der Waals surface area (Å²) in [5, 5.41) is 10.4. The van der Waals surface area contributed by atoms with Crippen LogP contribution in [0.4, 0.5) is 4.79 Å². The van der Waals surface area contributed by atoms with E-state index in [4.69, 9.17) is 8.92 Å². The van der Waals surface area contributed by atoms with Crippen LogP contribution in [0.2, 0.25) is 0 Å². The van der Waals surface area contributed by atoms with Gasteiger partial charge in [0.1, 0.15) is 12.8 Å². The minimum atomic E-state index is -3.99. The predicted octanol–water partition coefficient (Wildman–Crippen LogP) is 6.95. The highest BCUT2D eigenvalue weighted by atomic mass is 32.2. The summed E-state index contributed by atoms with van der Waals surface area (Å²) in [4.78, 5) is 27.8. The van der Waals surface area contributed by atoms with E-state index in [2.05, 4.69) is 6.92 Å². The van der Waals surface area contributed by atoms with Crippen molar-refractivity contribution in [2.45, 2.75) is 141 Å². The molecule has 1 aliphatic heterocycles. The molecule has 0 aliphatic carbocycles. The average molecular weight is 625 g/mol. The van der Waals surface area contributed by atoms with Gasteiger partial charge < -0.3 is 9.84 Å². The van der Waals surface area contributed by atoms with E-state index in [0.29, 0.717) is 12.8 Å². The zero-order valence-electron chi connectivity index (χ0n) is 26.8. The molecule has 2 rings (SSSR count). The second kappa shape index (κ2) is 20.9. The van der Waals surface area contributed by atoms with Crippen LogP contribution in [0.25, 0.3) is 0 Å². The first-order chi connectivity index (χ1) is 20.7. The van der Waals surface area contributed by atoms with Crippen LogP contribution in [0.15, 0.2) is 29.2 Å². The van der Waals surface area contributed by atoms with Crippen molar-refractivity contribution in [2.24, 2.45) is 0 Å². The summed E-state index contributed by atoms with van der Waals surface area (Å²) >= 11 is 0. The predicted molar refractivity (Wildman–Crippen MR) is 169 cm³/mol. The quantitative estimate of drug-likeness (QED) is 0.0711. The molecule has 0 radical (unpaired) electrons. The van der Waals surface area contributed by atoms with Gasteiger partial charge in [-0.1, -0.05) is 121 Å². The van der Waals surface area contributed by atoms with Gasteiger partial charge in [0.25, 0.3) is 10.1 Å². The van der Waals surface area contributed by atoms with E-state index in [-0.39, 0.29) is 31.2 Å². The van der Waals surface area contributed by atoms with Crippen LogP contribution < -0.4 is 0 Å². The summed E-state index contributed by atoms with van der Waals surface area (Å²) in [7, 11) is -3.99. The van der Waals surface area contributed by atoms with E-state index in [1.165, 1.54) is 94.1 Å². The standard InChI is InChI=1S/C33H56N2O7S/c1-4-6-7-8-9-10-11-12-13-14-15-16-17-18-19-29(36)27-41-32(5-2)35-26-31(37)34(33(35)38)24-25-42-43(39,40)30-22-20-28(3)21-23-30/h20-23,29,32,36H,4-19,24-27H2,1-3H3. The maximum Gasteiger partial charge on any atom is 0.329 e. The number of carbonyl (C=O) groups is 2. The zero-order valence-corrected chi connectivity index (χ0v) is 27.6. The third-order valence-electron chi connectivity index (χ3n) is 8.02. The molecule has 1 aromatic carbocycles. The van der Waals surface area contributed by atoms with Crippen molar-refractivity contribution in [2.75, 3.05) is 26.3 Å². The molecule has 1 N–H and O–H groups in total. The van der Waals surface area contributed by atoms with Gasteiger partial charge in [-0.2, -0.15) is 8.42 Å². The Balaban J connectivity index is 1.58. The lowest BCUT2D eigenvalue weighted by Crippen LogP contribution is -2.42. The summed E-state index contributed by atoms with van der Waals surface area (Å²) in [6, 6.07) is 5.70. The Morgan fingerprint density at radius 3 is 1.91 bits per heavy atom. The second-order valence-corrected chi connectivity index (χ2v) is 13.4. The zero-order chi connectivity index (χ0) is 31.5. The first-order valence-electron chi connectivity index (χ1n) is 16.6. The van der Waals surface area contributed by atoms with E-state index in [1.807, 2.05) is 13.8 Å². The lowest BCUT2D eigenvalue weighted by molar-refractivity contribution is -0.126. The minimum absolute atomic E-state index is 0.0193. The molecule has 1 heterocycles. The van der Waals surface area contributed by atoms with Crippen molar-refractivity contribution in [1.82, 2.24) is 9.80 Å². The summed E-state index contributed by atoms with van der Waals surface area (Å²) in [6.45, 7) is 5.37. The van der Waals surface area contributed by atoms with Gasteiger partial charge in [0, 0.05) is 0 Å². The molecule has 2 unspecified atom stereocenters. The Hall–Kier alpha value is -2.01. The number of imide groups is 1. The normalized spacial score (nSPS) is 15.4. The molecule has 0 bridgehead atoms. The highest BCUT2D eigenvalue weighted by Gasteiger charge is 2.39. The number of aryl methyl sites for hydroxylation is 1. The van der Waals surface area contributed by atoms with Crippen molar-refractivity contribution in [3.63, 3.8) is 0 Å². The Bertz CT molecular complexity index is 1030. The summed E-state index contributed by atoms with van der Waals surface area (Å²) in [6.07, 6.45) is 17.8. The number of amides is 3. The monoisotopic (exact) mass is 624 g/mol. The van der Waals surface area contributed by atoms with Gasteiger partial charge in [-0.3, -0.25) is 18.8 Å². The van der Waals surface area contributed by atoms with Crippen LogP contribution in [0.1, 0.15) is 122 Å². The highest BCUT2D eigenvalue weighted by molar-refractivity contribution is 7.86. The van der Waals surface area contributed by atoms with E-state index in [9.17, 15) is 23.1 Å². The van der Waals surface area contributed by atoms with Crippen LogP contribution in [0.3, 0.4) is 0 Å². The van der Waals surface area contributed by atoms with Gasteiger partial charge in [-0.05, 0) is 31.9 Å². The van der Waals surface area contributed by atoms with Crippen LogP contribution in [-0.4, -0.2) is 73.9 Å². The molecule has 0 aromatic heterocycles. The molecule has 43 heavy (non-hydrogen) atoms. The largest absolute Gasteiger partial charge is 0.391 e. The molecular weight excluding hydrogens is 568 g/mol. The van der Waals surface area contributed by atoms with Crippen molar-refractivity contribution in [3.05, 3.63) is 29.8 Å². The Labute approximate surface area is 260 Å². The number of ether oxygens (including phenoxy) is 1. The molecular formula is C33H56N2O7S. The molecule has 10 heteroatoms. The molecule has 1 saturated heterocycles. The second-order valence-electron chi connectivity index (χ2n) is 11.8. The molecule has 3 amide bonds. The fraction of sp³-hybridized carbons (Fsp3) is 0.758. The number of aliphatic hydroxyl groups is 1. The Morgan fingerprint density at radius 1 is 0.837 bits per heavy atom. The molecule has 1 aromatic rings. The van der Waals surface area contributed by atoms with E-state index in [1.54, 1.807) is 12.1 Å². The molecule has 0 saturated carbocycles. The van der Waals surface area contributed by atoms with Crippen LogP contribution in [0.5, 0.6) is 0 Å². The third kappa shape index (κ3) is 14.1. The van der Waals surface area contributed by atoms with Gasteiger partial charge in [0.05, 0.1) is 30.8 Å². The lowest BCUT2D eigenvalue weighted by atomic mass is 10.0. The number of hydrogen-bond acceptors (Lipinski definition) is 7. The van der Waals surface area contributed by atoms with E-state index < -0.39 is 34.4 Å². The van der Waals surface area contributed by atoms with Gasteiger partial charge in [0.2, 0.25) is 5.91 Å². The first-order valence-corrected chi connectivity index (χ1v) is 18.0. The van der Waals surface area contributed by atoms with Gasteiger partial charge >= 0.3 is 6.03 Å². The summed E-state index contributed by atoms with van der Waals surface area (Å²) in [5.41, 5.74) is 0.919. The summed E-state index contributed by atoms with van der Waals surface area (Å²) < 4.78 is 35.7. The smallest absolute Gasteiger partial charge is 0.329 e. The van der Waals surface area contributed by atoms with Crippen LogP contribution >= 0.6 is 0 Å². The molecule has 9 nitrogen and oxygen atoms in total. The number of unbranched alkanes of at least 4 members (excludes halogenated alkanes) is 13. The van der Waals surface area contributed by atoms with Crippen molar-refractivity contribution in [1.29, 1.82) is 0 Å². The fourth-order valence-corrected chi connectivity index (χ4v) is 6.22. The SMILES string of the molecule is CCCCCCCCCCCCCCCCC(O)COC(CC)N1CC(=O)N(CCOS(=O)(=O)c2ccc(C)cc2)C1=O. The van der Waals surface area contributed by atoms with E-state index >= 15 is 0 Å². The van der Waals surface area contributed by atoms with Crippen molar-refractivity contribution in [3.8, 4) is 0 Å². The average Bonchev–Trinajstić information content (AvgIpc) is 3.26. The van der Waals surface area contributed by atoms with E-state index in [0.717, 1.165) is 23.3 Å². The first kappa shape index (κ1) is 37.2. The number of hydrogen-bond donors (Lipinski definition) is 1. The van der Waals surface area contributed by atoms with Crippen molar-refractivity contribution >= 4 is 22.1 Å². The number of benzene rings is 1. The van der Waals surface area contributed by atoms with Crippen molar-refractivity contribution < 1.29 is 32.0 Å². The van der Waals surface area contributed by atoms with Crippen LogP contribution in [0, 0.1) is 6.92 Å². The lowest BCUT2D eigenvalue weighted by Gasteiger charge is -2.27. The molecule has 0 spiro atoms. The highest BCUT2D eigenvalue weighted by Crippen LogP contribution is 2.19. The fourth-order valence-electron chi connectivity index (χ4n) is 5.33. The molecule has 1 fully saturated rings. The minimum Gasteiger partial charge on any atom is -0.391 e. The number of nitrogens with zero attached hydrogens (tertiary/aromatic N) is 2. The maximum atomic E-state index is 12.9. The number of carbonyl (C=O) groups excluding carboxylic acids is 2. The Kier molecular flexibility index (Phi) is 18.0. The topological polar surface area (TPSA) is 113 Å². The van der Waals surface area contributed by atoms with Gasteiger partial charge in [0.15, 0.2) is 0 Å². The number of aliphatic hydroxyl groups excluding tert-OH is 1. The molecule has 2 atom stereocenters. The summed E-state index contributed by atoms with van der Waals surface area (Å²) in [5.74, 6) is -0.439. The third-order valence-corrected chi connectivity index (χ3v) is 9.34. The number of rotatable bonds is 25. The van der Waals surface area contributed by atoms with Gasteiger partial charge in [-0.25, -0.2) is 4.79 Å².